The molecule has 7 nitrogen and oxygen atoms in total. The van der Waals surface area contributed by atoms with E-state index in [2.05, 4.69) is 10.3 Å². The Bertz CT molecular complexity index is 944. The normalized spacial score (nSPS) is 15.6. The number of rotatable bonds is 3. The van der Waals surface area contributed by atoms with Crippen LogP contribution in [0, 0.1) is 22.7 Å². The van der Waals surface area contributed by atoms with E-state index in [1.54, 1.807) is 18.4 Å². The molecule has 0 bridgehead atoms. The highest BCUT2D eigenvalue weighted by Crippen LogP contribution is 2.38. The van der Waals surface area contributed by atoms with Gasteiger partial charge in [0.1, 0.15) is 12.1 Å². The van der Waals surface area contributed by atoms with E-state index >= 15 is 0 Å². The van der Waals surface area contributed by atoms with Gasteiger partial charge in [0.05, 0.1) is 18.2 Å². The van der Waals surface area contributed by atoms with Gasteiger partial charge in [-0.05, 0) is 19.4 Å². The summed E-state index contributed by atoms with van der Waals surface area (Å²) in [5.41, 5.74) is 1.89. The summed E-state index contributed by atoms with van der Waals surface area (Å²) in [6, 6.07) is 12.6. The predicted octanol–water partition coefficient (Wildman–Crippen LogP) is 2.48. The maximum Gasteiger partial charge on any atom is 0.338 e. The van der Waals surface area contributed by atoms with E-state index in [9.17, 15) is 15.3 Å². The van der Waals surface area contributed by atoms with E-state index in [1.807, 2.05) is 42.5 Å². The number of ether oxygens (including phenoxy) is 1. The number of aromatic nitrogens is 2. The van der Waals surface area contributed by atoms with Crippen molar-refractivity contribution in [1.29, 1.82) is 10.5 Å². The molecule has 25 heavy (non-hydrogen) atoms. The number of allylic oxidation sites excluding steroid dienone is 1. The zero-order chi connectivity index (χ0) is 18.0. The van der Waals surface area contributed by atoms with E-state index < -0.39 is 12.0 Å². The van der Waals surface area contributed by atoms with Gasteiger partial charge in [-0.2, -0.15) is 10.5 Å². The molecule has 0 radical (unpaired) electrons. The number of benzene rings is 1. The zero-order valence-corrected chi connectivity index (χ0v) is 13.8. The van der Waals surface area contributed by atoms with Crippen LogP contribution in [-0.2, 0) is 9.53 Å². The molecule has 7 heteroatoms. The molecule has 1 aliphatic heterocycles. The minimum absolute atomic E-state index is 0.0174. The van der Waals surface area contributed by atoms with E-state index in [-0.39, 0.29) is 18.0 Å². The van der Waals surface area contributed by atoms with Crippen LogP contribution >= 0.6 is 0 Å². The number of nitrogens with one attached hydrogen (secondary N) is 1. The Morgan fingerprint density at radius 2 is 2.04 bits per heavy atom. The van der Waals surface area contributed by atoms with Crippen molar-refractivity contribution in [2.45, 2.75) is 19.9 Å². The van der Waals surface area contributed by atoms with Crippen LogP contribution in [0.4, 0.5) is 5.95 Å². The first-order chi connectivity index (χ1) is 12.1. The van der Waals surface area contributed by atoms with Crippen molar-refractivity contribution in [2.75, 3.05) is 11.9 Å². The minimum atomic E-state index is -0.597. The average Bonchev–Trinajstić information content (AvgIpc) is 2.98. The minimum Gasteiger partial charge on any atom is -0.463 e. The standard InChI is InChI=1S/C18H15N5O2/c1-3-25-17(24)15-11(2)21-18-22-13(9-19)14(10-20)23(18)16(15)12-7-5-4-6-8-12/h4-8,16H,3H2,1-2H3,(H,21,22). The highest BCUT2D eigenvalue weighted by molar-refractivity contribution is 5.92. The highest BCUT2D eigenvalue weighted by Gasteiger charge is 2.36. The largest absolute Gasteiger partial charge is 0.463 e. The first-order valence-corrected chi connectivity index (χ1v) is 7.74. The molecule has 1 aromatic carbocycles. The highest BCUT2D eigenvalue weighted by atomic mass is 16.5. The van der Waals surface area contributed by atoms with Crippen molar-refractivity contribution in [3.05, 3.63) is 58.6 Å². The summed E-state index contributed by atoms with van der Waals surface area (Å²) in [5, 5.41) is 21.8. The van der Waals surface area contributed by atoms with Crippen molar-refractivity contribution in [2.24, 2.45) is 0 Å². The van der Waals surface area contributed by atoms with Gasteiger partial charge in [-0.15, -0.1) is 0 Å². The monoisotopic (exact) mass is 333 g/mol. The molecule has 0 saturated carbocycles. The molecule has 0 aliphatic carbocycles. The molecular formula is C18H15N5O2. The van der Waals surface area contributed by atoms with Crippen molar-refractivity contribution in [3.8, 4) is 12.1 Å². The number of hydrogen-bond donors (Lipinski definition) is 1. The van der Waals surface area contributed by atoms with Crippen LogP contribution in [0.2, 0.25) is 0 Å². The Kier molecular flexibility index (Phi) is 4.23. The molecule has 1 unspecified atom stereocenters. The topological polar surface area (TPSA) is 104 Å². The smallest absolute Gasteiger partial charge is 0.338 e. The Balaban J connectivity index is 2.28. The van der Waals surface area contributed by atoms with Crippen LogP contribution < -0.4 is 5.32 Å². The van der Waals surface area contributed by atoms with Gasteiger partial charge < -0.3 is 10.1 Å². The summed E-state index contributed by atoms with van der Waals surface area (Å²) < 4.78 is 6.78. The van der Waals surface area contributed by atoms with Crippen molar-refractivity contribution in [1.82, 2.24) is 9.55 Å². The Labute approximate surface area is 144 Å². The fraction of sp³-hybridized carbons (Fsp3) is 0.222. The summed E-state index contributed by atoms with van der Waals surface area (Å²) >= 11 is 0. The van der Waals surface area contributed by atoms with E-state index in [1.165, 1.54) is 0 Å². The molecule has 1 aliphatic rings. The number of imidazole rings is 1. The number of esters is 1. The number of carbonyl (C=O) groups excluding carboxylic acids is 1. The molecule has 0 saturated heterocycles. The van der Waals surface area contributed by atoms with Gasteiger partial charge in [-0.3, -0.25) is 4.57 Å². The van der Waals surface area contributed by atoms with Crippen LogP contribution in [0.1, 0.15) is 36.8 Å². The van der Waals surface area contributed by atoms with Crippen LogP contribution in [0.5, 0.6) is 0 Å². The average molecular weight is 333 g/mol. The third-order valence-corrected chi connectivity index (χ3v) is 3.97. The maximum atomic E-state index is 12.6. The second-order valence-electron chi connectivity index (χ2n) is 5.42. The lowest BCUT2D eigenvalue weighted by Crippen LogP contribution is -2.29. The summed E-state index contributed by atoms with van der Waals surface area (Å²) in [4.78, 5) is 16.8. The molecule has 0 amide bonds. The molecule has 3 rings (SSSR count). The van der Waals surface area contributed by atoms with Gasteiger partial charge in [-0.25, -0.2) is 9.78 Å². The third kappa shape index (κ3) is 2.62. The second-order valence-corrected chi connectivity index (χ2v) is 5.42. The van der Waals surface area contributed by atoms with Gasteiger partial charge in [0.15, 0.2) is 11.4 Å². The van der Waals surface area contributed by atoms with Gasteiger partial charge in [0.2, 0.25) is 5.95 Å². The molecule has 124 valence electrons. The number of nitrogens with zero attached hydrogens (tertiary/aromatic N) is 4. The van der Waals surface area contributed by atoms with Crippen LogP contribution in [0.25, 0.3) is 0 Å². The van der Waals surface area contributed by atoms with Crippen LogP contribution in [-0.4, -0.2) is 22.1 Å². The number of anilines is 1. The third-order valence-electron chi connectivity index (χ3n) is 3.97. The number of fused-ring (bicyclic) bond motifs is 1. The van der Waals surface area contributed by atoms with Gasteiger partial charge in [0, 0.05) is 5.70 Å². The number of carbonyl (C=O) groups is 1. The molecule has 1 N–H and O–H groups in total. The SMILES string of the molecule is CCOC(=O)C1=C(C)Nc2nc(C#N)c(C#N)n2C1c1ccccc1. The maximum absolute atomic E-state index is 12.6. The molecule has 1 aromatic heterocycles. The Morgan fingerprint density at radius 3 is 2.64 bits per heavy atom. The van der Waals surface area contributed by atoms with Crippen LogP contribution in [0.3, 0.4) is 0 Å². The predicted molar refractivity (Wildman–Crippen MR) is 89.2 cm³/mol. The van der Waals surface area contributed by atoms with Gasteiger partial charge in [0.25, 0.3) is 0 Å². The van der Waals surface area contributed by atoms with Gasteiger partial charge >= 0.3 is 5.97 Å². The van der Waals surface area contributed by atoms with Gasteiger partial charge in [-0.1, -0.05) is 30.3 Å². The lowest BCUT2D eigenvalue weighted by atomic mass is 9.95. The Hall–Kier alpha value is -3.58. The number of hydrogen-bond acceptors (Lipinski definition) is 6. The Morgan fingerprint density at radius 1 is 1.32 bits per heavy atom. The van der Waals surface area contributed by atoms with E-state index in [4.69, 9.17) is 4.74 Å². The molecule has 0 fully saturated rings. The first-order valence-electron chi connectivity index (χ1n) is 7.74. The van der Waals surface area contributed by atoms with E-state index in [0.717, 1.165) is 5.56 Å². The second kappa shape index (κ2) is 6.50. The van der Waals surface area contributed by atoms with Crippen molar-refractivity contribution < 1.29 is 9.53 Å². The summed E-state index contributed by atoms with van der Waals surface area (Å²) in [7, 11) is 0. The lowest BCUT2D eigenvalue weighted by Gasteiger charge is -2.30. The first kappa shape index (κ1) is 16.3. The van der Waals surface area contributed by atoms with Crippen molar-refractivity contribution >= 4 is 11.9 Å². The summed E-state index contributed by atoms with van der Waals surface area (Å²) in [5.74, 6) is -0.115. The lowest BCUT2D eigenvalue weighted by molar-refractivity contribution is -0.139. The molecule has 2 heterocycles. The quantitative estimate of drug-likeness (QED) is 0.865. The summed E-state index contributed by atoms with van der Waals surface area (Å²) in [6.07, 6.45) is 0. The fourth-order valence-corrected chi connectivity index (χ4v) is 2.95. The van der Waals surface area contributed by atoms with Crippen molar-refractivity contribution in [3.63, 3.8) is 0 Å². The number of nitriles is 2. The molecule has 0 spiro atoms. The zero-order valence-electron chi connectivity index (χ0n) is 13.8. The van der Waals surface area contributed by atoms with E-state index in [0.29, 0.717) is 17.2 Å². The molecule has 2 aromatic rings. The fourth-order valence-electron chi connectivity index (χ4n) is 2.95. The molecule has 1 atom stereocenters. The van der Waals surface area contributed by atoms with Crippen LogP contribution in [0.15, 0.2) is 41.6 Å². The molecular weight excluding hydrogens is 318 g/mol. The summed E-state index contributed by atoms with van der Waals surface area (Å²) in [6.45, 7) is 3.72.